The highest BCUT2D eigenvalue weighted by atomic mass is 32.2. The maximum atomic E-state index is 11.9. The van der Waals surface area contributed by atoms with E-state index in [4.69, 9.17) is 5.26 Å². The summed E-state index contributed by atoms with van der Waals surface area (Å²) in [5.41, 5.74) is 0.941. The van der Waals surface area contributed by atoms with Crippen LogP contribution in [0.15, 0.2) is 41.3 Å². The van der Waals surface area contributed by atoms with Gasteiger partial charge in [-0.25, -0.2) is 4.79 Å². The lowest BCUT2D eigenvalue weighted by atomic mass is 10.2. The number of hydrogen-bond acceptors (Lipinski definition) is 7. The van der Waals surface area contributed by atoms with Crippen molar-refractivity contribution >= 4 is 45.9 Å². The summed E-state index contributed by atoms with van der Waals surface area (Å²) in [7, 11) is 0. The number of amides is 3. The molecule has 0 atom stereocenters. The number of aromatic nitrogens is 2. The molecule has 0 aliphatic heterocycles. The Morgan fingerprint density at radius 1 is 1.36 bits per heavy atom. The molecule has 0 unspecified atom stereocenters. The Kier molecular flexibility index (Phi) is 6.94. The maximum Gasteiger partial charge on any atom is 0.325 e. The molecule has 0 saturated carbocycles. The smallest absolute Gasteiger partial charge is 0.325 e. The van der Waals surface area contributed by atoms with Crippen LogP contribution in [0.25, 0.3) is 0 Å². The quantitative estimate of drug-likeness (QED) is 0.389. The summed E-state index contributed by atoms with van der Waals surface area (Å²) in [6.07, 6.45) is 1.60. The minimum absolute atomic E-state index is 0.135. The first-order valence-electron chi connectivity index (χ1n) is 7.03. The highest BCUT2D eigenvalue weighted by molar-refractivity contribution is 8.01. The zero-order chi connectivity index (χ0) is 18.1. The topological polar surface area (TPSA) is 120 Å². The Bertz CT molecular complexity index is 814. The largest absolute Gasteiger partial charge is 0.352 e. The number of urea groups is 1. The van der Waals surface area contributed by atoms with Gasteiger partial charge in [0.25, 0.3) is 0 Å². The Balaban J connectivity index is 1.83. The van der Waals surface area contributed by atoms with Crippen molar-refractivity contribution in [1.29, 1.82) is 5.26 Å². The van der Waals surface area contributed by atoms with Gasteiger partial charge in [0.1, 0.15) is 0 Å². The van der Waals surface area contributed by atoms with Crippen LogP contribution in [0.4, 0.5) is 15.6 Å². The molecule has 0 aliphatic carbocycles. The van der Waals surface area contributed by atoms with Crippen molar-refractivity contribution in [3.63, 3.8) is 0 Å². The fourth-order valence-electron chi connectivity index (χ4n) is 1.61. The summed E-state index contributed by atoms with van der Waals surface area (Å²) in [6.45, 7) is 3.93. The minimum atomic E-state index is -0.494. The van der Waals surface area contributed by atoms with E-state index in [0.29, 0.717) is 27.3 Å². The van der Waals surface area contributed by atoms with Crippen LogP contribution in [-0.4, -0.2) is 34.4 Å². The van der Waals surface area contributed by atoms with Crippen LogP contribution < -0.4 is 16.0 Å². The van der Waals surface area contributed by atoms with E-state index in [1.807, 2.05) is 6.07 Å². The number of rotatable bonds is 7. The molecule has 1 aromatic carbocycles. The first-order chi connectivity index (χ1) is 12.1. The van der Waals surface area contributed by atoms with Crippen molar-refractivity contribution < 1.29 is 9.59 Å². The summed E-state index contributed by atoms with van der Waals surface area (Å²) in [5, 5.41) is 24.7. The summed E-state index contributed by atoms with van der Waals surface area (Å²) >= 11 is 2.39. The molecule has 0 fully saturated rings. The SMILES string of the molecule is C=CCNC(=O)CSc1nnc(NC(=O)Nc2cccc(C#N)c2)s1. The van der Waals surface area contributed by atoms with Crippen molar-refractivity contribution in [2.45, 2.75) is 4.34 Å². The third kappa shape index (κ3) is 6.25. The van der Waals surface area contributed by atoms with Gasteiger partial charge < -0.3 is 10.6 Å². The second-order valence-electron chi connectivity index (χ2n) is 4.53. The lowest BCUT2D eigenvalue weighted by Crippen LogP contribution is -2.24. The van der Waals surface area contributed by atoms with Gasteiger partial charge in [0.05, 0.1) is 17.4 Å². The standard InChI is InChI=1S/C15H14N6O2S2/c1-2-6-17-12(22)9-24-15-21-20-14(25-15)19-13(23)18-11-5-3-4-10(7-11)8-16/h2-5,7H,1,6,9H2,(H,17,22)(H2,18,19,20,23). The number of nitrogens with one attached hydrogen (secondary N) is 3. The van der Waals surface area contributed by atoms with Crippen molar-refractivity contribution in [2.75, 3.05) is 22.9 Å². The normalized spacial score (nSPS) is 9.72. The Morgan fingerprint density at radius 3 is 2.96 bits per heavy atom. The lowest BCUT2D eigenvalue weighted by Gasteiger charge is -2.04. The molecule has 128 valence electrons. The second kappa shape index (κ2) is 9.41. The lowest BCUT2D eigenvalue weighted by molar-refractivity contribution is -0.118. The molecule has 1 heterocycles. The monoisotopic (exact) mass is 374 g/mol. The molecule has 1 aromatic heterocycles. The first kappa shape index (κ1) is 18.4. The molecule has 0 aliphatic rings. The predicted octanol–water partition coefficient (Wildman–Crippen LogP) is 2.45. The average molecular weight is 374 g/mol. The van der Waals surface area contributed by atoms with E-state index in [1.54, 1.807) is 30.3 Å². The first-order valence-corrected chi connectivity index (χ1v) is 8.83. The van der Waals surface area contributed by atoms with Gasteiger partial charge in [0.2, 0.25) is 11.0 Å². The highest BCUT2D eigenvalue weighted by Crippen LogP contribution is 2.25. The highest BCUT2D eigenvalue weighted by Gasteiger charge is 2.10. The number of nitrogens with zero attached hydrogens (tertiary/aromatic N) is 3. The molecule has 2 aromatic rings. The van der Waals surface area contributed by atoms with Crippen molar-refractivity contribution in [2.24, 2.45) is 0 Å². The van der Waals surface area contributed by atoms with Crippen molar-refractivity contribution in [3.8, 4) is 6.07 Å². The van der Waals surface area contributed by atoms with Gasteiger partial charge in [-0.15, -0.1) is 16.8 Å². The number of thioether (sulfide) groups is 1. The minimum Gasteiger partial charge on any atom is -0.352 e. The van der Waals surface area contributed by atoms with E-state index < -0.39 is 6.03 Å². The van der Waals surface area contributed by atoms with Gasteiger partial charge in [0.15, 0.2) is 4.34 Å². The van der Waals surface area contributed by atoms with Crippen LogP contribution in [0.2, 0.25) is 0 Å². The molecule has 3 N–H and O–H groups in total. The van der Waals surface area contributed by atoms with E-state index >= 15 is 0 Å². The molecule has 2 rings (SSSR count). The average Bonchev–Trinajstić information content (AvgIpc) is 3.05. The van der Waals surface area contributed by atoms with E-state index in [1.165, 1.54) is 11.8 Å². The molecule has 0 spiro atoms. The summed E-state index contributed by atoms with van der Waals surface area (Å²) in [5.74, 6) is 0.0695. The molecule has 8 nitrogen and oxygen atoms in total. The van der Waals surface area contributed by atoms with Crippen LogP contribution in [0, 0.1) is 11.3 Å². The van der Waals surface area contributed by atoms with Crippen molar-refractivity contribution in [3.05, 3.63) is 42.5 Å². The fraction of sp³-hybridized carbons (Fsp3) is 0.133. The number of hydrogen-bond donors (Lipinski definition) is 3. The third-order valence-electron chi connectivity index (χ3n) is 2.65. The summed E-state index contributed by atoms with van der Waals surface area (Å²) in [6, 6.07) is 8.04. The predicted molar refractivity (Wildman–Crippen MR) is 97.6 cm³/mol. The van der Waals surface area contributed by atoms with Crippen LogP contribution >= 0.6 is 23.1 Å². The number of carbonyl (C=O) groups excluding carboxylic acids is 2. The molecule has 25 heavy (non-hydrogen) atoms. The number of anilines is 2. The Labute approximate surface area is 152 Å². The zero-order valence-corrected chi connectivity index (χ0v) is 14.6. The van der Waals surface area contributed by atoms with Gasteiger partial charge in [-0.3, -0.25) is 10.1 Å². The molecular weight excluding hydrogens is 360 g/mol. The molecule has 0 radical (unpaired) electrons. The Morgan fingerprint density at radius 2 is 2.20 bits per heavy atom. The second-order valence-corrected chi connectivity index (χ2v) is 6.73. The fourth-order valence-corrected chi connectivity index (χ4v) is 3.19. The molecule has 10 heteroatoms. The number of benzene rings is 1. The van der Waals surface area contributed by atoms with Crippen LogP contribution in [-0.2, 0) is 4.79 Å². The third-order valence-corrected chi connectivity index (χ3v) is 4.62. The molecule has 3 amide bonds. The van der Waals surface area contributed by atoms with Gasteiger partial charge in [-0.2, -0.15) is 5.26 Å². The molecule has 0 saturated heterocycles. The maximum absolute atomic E-state index is 11.9. The van der Waals surface area contributed by atoms with Gasteiger partial charge >= 0.3 is 6.03 Å². The zero-order valence-electron chi connectivity index (χ0n) is 13.0. The summed E-state index contributed by atoms with van der Waals surface area (Å²) < 4.78 is 0.565. The Hall–Kier alpha value is -2.90. The van der Waals surface area contributed by atoms with Gasteiger partial charge in [-0.1, -0.05) is 35.2 Å². The van der Waals surface area contributed by atoms with Crippen LogP contribution in [0.1, 0.15) is 5.56 Å². The number of carbonyl (C=O) groups is 2. The molecular formula is C15H14N6O2S2. The van der Waals surface area contributed by atoms with E-state index in [2.05, 4.69) is 32.7 Å². The van der Waals surface area contributed by atoms with Crippen LogP contribution in [0.3, 0.4) is 0 Å². The van der Waals surface area contributed by atoms with Gasteiger partial charge in [0, 0.05) is 12.2 Å². The summed E-state index contributed by atoms with van der Waals surface area (Å²) in [4.78, 5) is 23.4. The van der Waals surface area contributed by atoms with Gasteiger partial charge in [-0.05, 0) is 18.2 Å². The molecule has 0 bridgehead atoms. The number of nitriles is 1. The van der Waals surface area contributed by atoms with E-state index in [-0.39, 0.29) is 11.7 Å². The van der Waals surface area contributed by atoms with E-state index in [9.17, 15) is 9.59 Å². The van der Waals surface area contributed by atoms with Crippen LogP contribution in [0.5, 0.6) is 0 Å². The van der Waals surface area contributed by atoms with Crippen molar-refractivity contribution in [1.82, 2.24) is 15.5 Å². The van der Waals surface area contributed by atoms with E-state index in [0.717, 1.165) is 11.3 Å².